The van der Waals surface area contributed by atoms with Gasteiger partial charge >= 0.3 is 5.97 Å². The summed E-state index contributed by atoms with van der Waals surface area (Å²) in [6.45, 7) is 1.78. The maximum absolute atomic E-state index is 10.5. The molecule has 62 valence electrons. The molecule has 0 bridgehead atoms. The minimum atomic E-state index is -1.08. The minimum Gasteiger partial charge on any atom is -0.477 e. The van der Waals surface area contributed by atoms with Crippen molar-refractivity contribution in [3.63, 3.8) is 0 Å². The van der Waals surface area contributed by atoms with Crippen LogP contribution >= 0.6 is 0 Å². The van der Waals surface area contributed by atoms with Crippen LogP contribution in [0.5, 0.6) is 0 Å². The van der Waals surface area contributed by atoms with E-state index < -0.39 is 5.97 Å². The number of aromatic carboxylic acids is 1. The van der Waals surface area contributed by atoms with E-state index in [1.54, 1.807) is 6.92 Å². The molecular weight excluding hydrogens is 158 g/mol. The zero-order valence-electron chi connectivity index (χ0n) is 6.46. The molecular formula is C7H7N3O2. The Labute approximate surface area is 68.6 Å². The third-order valence-corrected chi connectivity index (χ3v) is 1.54. The normalized spacial score (nSPS) is 9.33. The highest BCUT2D eigenvalue weighted by Gasteiger charge is 2.15. The van der Waals surface area contributed by atoms with Crippen LogP contribution in [0, 0.1) is 11.3 Å². The van der Waals surface area contributed by atoms with Crippen molar-refractivity contribution in [1.82, 2.24) is 10.2 Å². The molecule has 1 aromatic rings. The van der Waals surface area contributed by atoms with Gasteiger partial charge in [-0.15, -0.1) is 0 Å². The first-order chi connectivity index (χ1) is 5.70. The average molecular weight is 165 g/mol. The third-order valence-electron chi connectivity index (χ3n) is 1.54. The molecule has 0 spiro atoms. The van der Waals surface area contributed by atoms with E-state index in [1.165, 1.54) is 0 Å². The molecule has 0 saturated heterocycles. The zero-order chi connectivity index (χ0) is 9.14. The Morgan fingerprint density at radius 3 is 2.92 bits per heavy atom. The van der Waals surface area contributed by atoms with Crippen molar-refractivity contribution >= 4 is 5.97 Å². The molecule has 0 fully saturated rings. The maximum atomic E-state index is 10.5. The van der Waals surface area contributed by atoms with Crippen LogP contribution in [0.3, 0.4) is 0 Å². The average Bonchev–Trinajstić information content (AvgIpc) is 2.46. The fourth-order valence-electron chi connectivity index (χ4n) is 0.979. The third kappa shape index (κ3) is 1.14. The monoisotopic (exact) mass is 165 g/mol. The number of hydrogen-bond donors (Lipinski definition) is 2. The van der Waals surface area contributed by atoms with Crippen molar-refractivity contribution in [2.75, 3.05) is 0 Å². The Morgan fingerprint density at radius 2 is 2.50 bits per heavy atom. The predicted molar refractivity (Wildman–Crippen MR) is 39.6 cm³/mol. The fraction of sp³-hybridized carbons (Fsp3) is 0.286. The van der Waals surface area contributed by atoms with Crippen LogP contribution in [-0.2, 0) is 6.42 Å². The first-order valence-electron chi connectivity index (χ1n) is 3.41. The zero-order valence-corrected chi connectivity index (χ0v) is 6.46. The number of carbonyl (C=O) groups is 1. The van der Waals surface area contributed by atoms with Gasteiger partial charge in [-0.05, 0) is 6.42 Å². The van der Waals surface area contributed by atoms with Crippen LogP contribution < -0.4 is 0 Å². The van der Waals surface area contributed by atoms with Crippen LogP contribution in [0.15, 0.2) is 0 Å². The van der Waals surface area contributed by atoms with Crippen molar-refractivity contribution in [3.05, 3.63) is 17.0 Å². The summed E-state index contributed by atoms with van der Waals surface area (Å²) in [6.07, 6.45) is 0.487. The Bertz CT molecular complexity index is 348. The summed E-state index contributed by atoms with van der Waals surface area (Å²) in [6, 6.07) is 1.82. The number of aromatic nitrogens is 2. The largest absolute Gasteiger partial charge is 0.477 e. The highest BCUT2D eigenvalue weighted by atomic mass is 16.4. The van der Waals surface area contributed by atoms with E-state index in [-0.39, 0.29) is 11.4 Å². The standard InChI is InChI=1S/C7H7N3O2/c1-2-4-5(3-8)9-10-6(4)7(11)12/h2H2,1H3,(H,9,10)(H,11,12). The Hall–Kier alpha value is -1.83. The fourth-order valence-corrected chi connectivity index (χ4v) is 0.979. The number of H-pyrrole nitrogens is 1. The Balaban J connectivity index is 3.25. The highest BCUT2D eigenvalue weighted by Crippen LogP contribution is 2.10. The smallest absolute Gasteiger partial charge is 0.354 e. The van der Waals surface area contributed by atoms with E-state index in [0.717, 1.165) is 0 Å². The van der Waals surface area contributed by atoms with Gasteiger partial charge in [0.2, 0.25) is 0 Å². The number of nitriles is 1. The van der Waals surface area contributed by atoms with E-state index in [1.807, 2.05) is 6.07 Å². The van der Waals surface area contributed by atoms with Crippen molar-refractivity contribution in [3.8, 4) is 6.07 Å². The first-order valence-corrected chi connectivity index (χ1v) is 3.41. The van der Waals surface area contributed by atoms with E-state index in [0.29, 0.717) is 12.0 Å². The number of rotatable bonds is 2. The van der Waals surface area contributed by atoms with Gasteiger partial charge in [0.05, 0.1) is 0 Å². The summed E-state index contributed by atoms with van der Waals surface area (Å²) in [7, 11) is 0. The van der Waals surface area contributed by atoms with Crippen molar-refractivity contribution in [1.29, 1.82) is 5.26 Å². The second-order valence-corrected chi connectivity index (χ2v) is 2.20. The lowest BCUT2D eigenvalue weighted by molar-refractivity contribution is 0.0689. The van der Waals surface area contributed by atoms with Crippen molar-refractivity contribution in [2.24, 2.45) is 0 Å². The van der Waals surface area contributed by atoms with Crippen LogP contribution in [0.1, 0.15) is 28.7 Å². The first kappa shape index (κ1) is 8.27. The lowest BCUT2D eigenvalue weighted by Crippen LogP contribution is -2.00. The van der Waals surface area contributed by atoms with Gasteiger partial charge < -0.3 is 5.11 Å². The molecule has 0 aliphatic heterocycles. The number of carboxylic acids is 1. The quantitative estimate of drug-likeness (QED) is 0.669. The molecule has 0 amide bonds. The molecule has 0 radical (unpaired) electrons. The molecule has 0 saturated carbocycles. The van der Waals surface area contributed by atoms with E-state index >= 15 is 0 Å². The molecule has 1 heterocycles. The molecule has 1 rings (SSSR count). The number of aromatic amines is 1. The topological polar surface area (TPSA) is 89.8 Å². The molecule has 1 aromatic heterocycles. The van der Waals surface area contributed by atoms with E-state index in [9.17, 15) is 4.79 Å². The van der Waals surface area contributed by atoms with Gasteiger partial charge in [0.1, 0.15) is 11.8 Å². The second-order valence-electron chi connectivity index (χ2n) is 2.20. The molecule has 2 N–H and O–H groups in total. The van der Waals surface area contributed by atoms with E-state index in [4.69, 9.17) is 10.4 Å². The number of nitrogens with one attached hydrogen (secondary N) is 1. The second kappa shape index (κ2) is 3.05. The summed E-state index contributed by atoms with van der Waals surface area (Å²) in [4.78, 5) is 10.5. The molecule has 0 aromatic carbocycles. The van der Waals surface area contributed by atoms with Crippen molar-refractivity contribution in [2.45, 2.75) is 13.3 Å². The molecule has 0 atom stereocenters. The molecule has 0 aliphatic rings. The number of nitrogens with zero attached hydrogens (tertiary/aromatic N) is 2. The van der Waals surface area contributed by atoms with Gasteiger partial charge in [-0.25, -0.2) is 4.79 Å². The van der Waals surface area contributed by atoms with Crippen molar-refractivity contribution < 1.29 is 9.90 Å². The van der Waals surface area contributed by atoms with Gasteiger partial charge in [-0.3, -0.25) is 5.10 Å². The van der Waals surface area contributed by atoms with Gasteiger partial charge in [0.15, 0.2) is 5.69 Å². The molecule has 5 nitrogen and oxygen atoms in total. The lowest BCUT2D eigenvalue weighted by atomic mass is 10.1. The highest BCUT2D eigenvalue weighted by molar-refractivity contribution is 5.87. The van der Waals surface area contributed by atoms with Crippen LogP contribution in [0.2, 0.25) is 0 Å². The van der Waals surface area contributed by atoms with Gasteiger partial charge in [0, 0.05) is 5.56 Å². The summed E-state index contributed by atoms with van der Waals surface area (Å²) in [5.41, 5.74) is 0.633. The summed E-state index contributed by atoms with van der Waals surface area (Å²) < 4.78 is 0. The number of hydrogen-bond acceptors (Lipinski definition) is 3. The Kier molecular flexibility index (Phi) is 2.10. The van der Waals surface area contributed by atoms with Crippen LogP contribution in [-0.4, -0.2) is 21.3 Å². The Morgan fingerprint density at radius 1 is 1.83 bits per heavy atom. The van der Waals surface area contributed by atoms with Gasteiger partial charge in [-0.1, -0.05) is 6.92 Å². The summed E-state index contributed by atoms with van der Waals surface area (Å²) >= 11 is 0. The van der Waals surface area contributed by atoms with Gasteiger partial charge in [-0.2, -0.15) is 10.4 Å². The predicted octanol–water partition coefficient (Wildman–Crippen LogP) is 0.542. The van der Waals surface area contributed by atoms with Gasteiger partial charge in [0.25, 0.3) is 0 Å². The maximum Gasteiger partial charge on any atom is 0.354 e. The lowest BCUT2D eigenvalue weighted by Gasteiger charge is -1.91. The van der Waals surface area contributed by atoms with Crippen LogP contribution in [0.25, 0.3) is 0 Å². The minimum absolute atomic E-state index is 0.00838. The summed E-state index contributed by atoms with van der Waals surface area (Å²) in [5.74, 6) is -1.08. The molecule has 0 aliphatic carbocycles. The number of carboxylic acid groups (broad SMARTS) is 1. The summed E-state index contributed by atoms with van der Waals surface area (Å²) in [5, 5.41) is 23.0. The molecule has 0 unspecified atom stereocenters. The molecule has 12 heavy (non-hydrogen) atoms. The van der Waals surface area contributed by atoms with Crippen LogP contribution in [0.4, 0.5) is 0 Å². The molecule has 5 heteroatoms. The SMILES string of the molecule is CCc1c(C#N)n[nH]c1C(=O)O. The van der Waals surface area contributed by atoms with E-state index in [2.05, 4.69) is 10.2 Å².